The van der Waals surface area contributed by atoms with Crippen molar-refractivity contribution in [3.8, 4) is 0 Å². The Morgan fingerprint density at radius 3 is 2.28 bits per heavy atom. The van der Waals surface area contributed by atoms with Gasteiger partial charge in [-0.3, -0.25) is 19.6 Å². The first-order valence-electron chi connectivity index (χ1n) is 10.2. The summed E-state index contributed by atoms with van der Waals surface area (Å²) in [6.07, 6.45) is 4.85. The Bertz CT molecular complexity index is 1200. The Labute approximate surface area is 187 Å². The standard InChI is InChI=1S/C24H25N3O4S/c1-4-32(30,31)20-10-7-17(8-11-20)14-22(28)27-19-9-12-21(26-16-19)23(29)24(2,3)18-6-5-13-25-15-18/h5-13,15-16H,4,14H2,1-3H3,(H,27,28). The van der Waals surface area contributed by atoms with Crippen molar-refractivity contribution < 1.29 is 18.0 Å². The number of carbonyl (C=O) groups is 2. The molecule has 0 spiro atoms. The van der Waals surface area contributed by atoms with E-state index in [2.05, 4.69) is 15.3 Å². The normalized spacial score (nSPS) is 11.7. The number of sulfone groups is 1. The van der Waals surface area contributed by atoms with Crippen LogP contribution in [0, 0.1) is 0 Å². The summed E-state index contributed by atoms with van der Waals surface area (Å²) in [5.41, 5.74) is 1.46. The van der Waals surface area contributed by atoms with Gasteiger partial charge in [-0.1, -0.05) is 25.1 Å². The molecular formula is C24H25N3O4S. The summed E-state index contributed by atoms with van der Waals surface area (Å²) in [6.45, 7) is 5.23. The molecule has 0 aliphatic heterocycles. The van der Waals surface area contributed by atoms with Crippen LogP contribution in [0.5, 0.6) is 0 Å². The fourth-order valence-electron chi connectivity index (χ4n) is 3.16. The summed E-state index contributed by atoms with van der Waals surface area (Å²) < 4.78 is 23.8. The highest BCUT2D eigenvalue weighted by Gasteiger charge is 2.31. The maximum atomic E-state index is 12.9. The first-order valence-corrected chi connectivity index (χ1v) is 11.8. The smallest absolute Gasteiger partial charge is 0.228 e. The van der Waals surface area contributed by atoms with Gasteiger partial charge >= 0.3 is 0 Å². The predicted octanol–water partition coefficient (Wildman–Crippen LogP) is 3.61. The minimum absolute atomic E-state index is 0.0255. The highest BCUT2D eigenvalue weighted by molar-refractivity contribution is 7.91. The largest absolute Gasteiger partial charge is 0.324 e. The van der Waals surface area contributed by atoms with Crippen LogP contribution in [-0.2, 0) is 26.5 Å². The van der Waals surface area contributed by atoms with Crippen molar-refractivity contribution in [1.29, 1.82) is 0 Å². The lowest BCUT2D eigenvalue weighted by atomic mass is 9.80. The van der Waals surface area contributed by atoms with Crippen molar-refractivity contribution in [3.63, 3.8) is 0 Å². The lowest BCUT2D eigenvalue weighted by Gasteiger charge is -2.22. The Kier molecular flexibility index (Phi) is 6.84. The molecule has 166 valence electrons. The molecule has 1 amide bonds. The summed E-state index contributed by atoms with van der Waals surface area (Å²) in [6, 6.07) is 13.1. The quantitative estimate of drug-likeness (QED) is 0.525. The number of nitrogens with one attached hydrogen (secondary N) is 1. The van der Waals surface area contributed by atoms with E-state index in [1.807, 2.05) is 19.9 Å². The molecule has 2 aromatic heterocycles. The van der Waals surface area contributed by atoms with Gasteiger partial charge in [0.2, 0.25) is 5.91 Å². The number of nitrogens with zero attached hydrogens (tertiary/aromatic N) is 2. The van der Waals surface area contributed by atoms with Crippen molar-refractivity contribution in [2.45, 2.75) is 37.5 Å². The lowest BCUT2D eigenvalue weighted by Crippen LogP contribution is -2.30. The number of anilines is 1. The van der Waals surface area contributed by atoms with Gasteiger partial charge in [-0.25, -0.2) is 8.42 Å². The first kappa shape index (κ1) is 23.3. The molecule has 0 aliphatic rings. The highest BCUT2D eigenvalue weighted by Crippen LogP contribution is 2.26. The lowest BCUT2D eigenvalue weighted by molar-refractivity contribution is -0.115. The molecule has 0 saturated carbocycles. The van der Waals surface area contributed by atoms with Crippen molar-refractivity contribution in [3.05, 3.63) is 83.9 Å². The molecule has 0 bridgehead atoms. The number of Topliss-reactive ketones (excluding diaryl/α,β-unsaturated/α-hetero) is 1. The van der Waals surface area contributed by atoms with Gasteiger partial charge in [-0.15, -0.1) is 0 Å². The predicted molar refractivity (Wildman–Crippen MR) is 122 cm³/mol. The Morgan fingerprint density at radius 1 is 1.00 bits per heavy atom. The van der Waals surface area contributed by atoms with Crippen molar-refractivity contribution in [2.24, 2.45) is 0 Å². The van der Waals surface area contributed by atoms with Crippen LogP contribution < -0.4 is 5.32 Å². The topological polar surface area (TPSA) is 106 Å². The van der Waals surface area contributed by atoms with Crippen LogP contribution in [0.2, 0.25) is 0 Å². The average Bonchev–Trinajstić information content (AvgIpc) is 2.80. The number of ketones is 1. The van der Waals surface area contributed by atoms with Gasteiger partial charge in [0.15, 0.2) is 15.6 Å². The van der Waals surface area contributed by atoms with Crippen LogP contribution in [0.25, 0.3) is 0 Å². The SMILES string of the molecule is CCS(=O)(=O)c1ccc(CC(=O)Nc2ccc(C(=O)C(C)(C)c3cccnc3)nc2)cc1. The molecule has 1 N–H and O–H groups in total. The van der Waals surface area contributed by atoms with E-state index in [9.17, 15) is 18.0 Å². The van der Waals surface area contributed by atoms with Crippen molar-refractivity contribution in [1.82, 2.24) is 9.97 Å². The third-order valence-electron chi connectivity index (χ3n) is 5.26. The van der Waals surface area contributed by atoms with E-state index in [0.717, 1.165) is 5.56 Å². The molecule has 3 rings (SSSR count). The molecule has 0 unspecified atom stereocenters. The van der Waals surface area contributed by atoms with Gasteiger partial charge in [0.1, 0.15) is 5.69 Å². The van der Waals surface area contributed by atoms with Gasteiger partial charge in [0, 0.05) is 12.4 Å². The molecule has 0 atom stereocenters. The van der Waals surface area contributed by atoms with Gasteiger partial charge < -0.3 is 5.32 Å². The summed E-state index contributed by atoms with van der Waals surface area (Å²) in [5.74, 6) is -0.393. The van der Waals surface area contributed by atoms with E-state index in [4.69, 9.17) is 0 Å². The number of pyridine rings is 2. The molecule has 7 nitrogen and oxygen atoms in total. The molecule has 0 aliphatic carbocycles. The van der Waals surface area contributed by atoms with Crippen molar-refractivity contribution in [2.75, 3.05) is 11.1 Å². The molecule has 8 heteroatoms. The summed E-state index contributed by atoms with van der Waals surface area (Å²) in [5, 5.41) is 2.74. The van der Waals surface area contributed by atoms with Crippen LogP contribution in [0.3, 0.4) is 0 Å². The van der Waals surface area contributed by atoms with Crippen LogP contribution in [0.4, 0.5) is 5.69 Å². The second kappa shape index (κ2) is 9.40. The Morgan fingerprint density at radius 2 is 1.72 bits per heavy atom. The van der Waals surface area contributed by atoms with Gasteiger partial charge in [-0.05, 0) is 55.3 Å². The fraction of sp³-hybridized carbons (Fsp3) is 0.250. The van der Waals surface area contributed by atoms with Gasteiger partial charge in [0.25, 0.3) is 0 Å². The summed E-state index contributed by atoms with van der Waals surface area (Å²) >= 11 is 0. The van der Waals surface area contributed by atoms with E-state index >= 15 is 0 Å². The van der Waals surface area contributed by atoms with Crippen LogP contribution in [0.1, 0.15) is 42.4 Å². The minimum atomic E-state index is -3.27. The number of benzene rings is 1. The maximum absolute atomic E-state index is 12.9. The molecule has 32 heavy (non-hydrogen) atoms. The molecule has 3 aromatic rings. The third kappa shape index (κ3) is 5.26. The summed E-state index contributed by atoms with van der Waals surface area (Å²) in [4.78, 5) is 33.8. The van der Waals surface area contributed by atoms with Crippen LogP contribution in [0.15, 0.2) is 72.0 Å². The zero-order valence-electron chi connectivity index (χ0n) is 18.2. The summed E-state index contributed by atoms with van der Waals surface area (Å²) in [7, 11) is -3.27. The number of hydrogen-bond donors (Lipinski definition) is 1. The molecule has 0 fully saturated rings. The van der Waals surface area contributed by atoms with E-state index in [1.54, 1.807) is 49.6 Å². The second-order valence-corrected chi connectivity index (χ2v) is 10.2. The zero-order chi connectivity index (χ0) is 23.4. The molecular weight excluding hydrogens is 426 g/mol. The van der Waals surface area contributed by atoms with Gasteiger partial charge in [0.05, 0.1) is 34.4 Å². The molecule has 0 radical (unpaired) electrons. The maximum Gasteiger partial charge on any atom is 0.228 e. The zero-order valence-corrected chi connectivity index (χ0v) is 19.0. The van der Waals surface area contributed by atoms with E-state index in [1.165, 1.54) is 18.3 Å². The van der Waals surface area contributed by atoms with E-state index in [-0.39, 0.29) is 28.8 Å². The monoisotopic (exact) mass is 451 g/mol. The van der Waals surface area contributed by atoms with E-state index in [0.29, 0.717) is 16.9 Å². The number of amides is 1. The van der Waals surface area contributed by atoms with E-state index < -0.39 is 15.3 Å². The van der Waals surface area contributed by atoms with Crippen LogP contribution >= 0.6 is 0 Å². The minimum Gasteiger partial charge on any atom is -0.324 e. The number of carbonyl (C=O) groups excluding carboxylic acids is 2. The first-order chi connectivity index (χ1) is 15.1. The van der Waals surface area contributed by atoms with Gasteiger partial charge in [-0.2, -0.15) is 0 Å². The molecule has 0 saturated heterocycles. The highest BCUT2D eigenvalue weighted by atomic mass is 32.2. The van der Waals surface area contributed by atoms with Crippen molar-refractivity contribution >= 4 is 27.2 Å². The van der Waals surface area contributed by atoms with Crippen LogP contribution in [-0.4, -0.2) is 35.8 Å². The molecule has 2 heterocycles. The third-order valence-corrected chi connectivity index (χ3v) is 7.01. The molecule has 1 aromatic carbocycles. The average molecular weight is 452 g/mol. The Hall–Kier alpha value is -3.39. The Balaban J connectivity index is 1.64. The number of aromatic nitrogens is 2. The fourth-order valence-corrected chi connectivity index (χ4v) is 4.04. The number of hydrogen-bond acceptors (Lipinski definition) is 6. The number of rotatable bonds is 8. The second-order valence-electron chi connectivity index (χ2n) is 7.90.